The van der Waals surface area contributed by atoms with Gasteiger partial charge < -0.3 is 4.90 Å². The van der Waals surface area contributed by atoms with Crippen LogP contribution in [0.4, 0.5) is 0 Å². The second kappa shape index (κ2) is 7.04. The first-order valence-corrected chi connectivity index (χ1v) is 9.00. The summed E-state index contributed by atoms with van der Waals surface area (Å²) in [5.74, 6) is 0.140. The summed E-state index contributed by atoms with van der Waals surface area (Å²) < 4.78 is 0.764. The zero-order chi connectivity index (χ0) is 16.4. The first-order chi connectivity index (χ1) is 11.0. The molecule has 3 rings (SSSR count). The second-order valence-corrected chi connectivity index (χ2v) is 7.92. The van der Waals surface area contributed by atoms with Crippen LogP contribution in [-0.2, 0) is 17.8 Å². The van der Waals surface area contributed by atoms with Crippen molar-refractivity contribution in [3.05, 3.63) is 56.7 Å². The molecule has 0 radical (unpaired) electrons. The molecular formula is C18H21ClN2OS. The molecule has 122 valence electrons. The highest BCUT2D eigenvalue weighted by molar-refractivity contribution is 7.16. The van der Waals surface area contributed by atoms with E-state index in [9.17, 15) is 4.79 Å². The molecule has 0 N–H and O–H groups in total. The van der Waals surface area contributed by atoms with Crippen LogP contribution >= 0.6 is 22.9 Å². The molecule has 1 aromatic heterocycles. The average Bonchev–Trinajstić information content (AvgIpc) is 3.13. The summed E-state index contributed by atoms with van der Waals surface area (Å²) >= 11 is 7.47. The largest absolute Gasteiger partial charge is 0.340 e. The van der Waals surface area contributed by atoms with E-state index in [2.05, 4.69) is 29.2 Å². The predicted molar refractivity (Wildman–Crippen MR) is 95.9 cm³/mol. The molecule has 0 unspecified atom stereocenters. The van der Waals surface area contributed by atoms with E-state index in [1.165, 1.54) is 22.5 Å². The third kappa shape index (κ3) is 3.77. The summed E-state index contributed by atoms with van der Waals surface area (Å²) in [6.07, 6.45) is 2.19. The van der Waals surface area contributed by atoms with Gasteiger partial charge in [0.15, 0.2) is 0 Å². The number of aryl methyl sites for hydroxylation is 1. The Morgan fingerprint density at radius 1 is 1.26 bits per heavy atom. The number of rotatable bonds is 5. The third-order valence-electron chi connectivity index (χ3n) is 4.47. The van der Waals surface area contributed by atoms with E-state index >= 15 is 0 Å². The molecule has 23 heavy (non-hydrogen) atoms. The second-order valence-electron chi connectivity index (χ2n) is 6.12. The lowest BCUT2D eigenvalue weighted by Crippen LogP contribution is -2.37. The van der Waals surface area contributed by atoms with Crippen molar-refractivity contribution in [3.63, 3.8) is 0 Å². The Kier molecular flexibility index (Phi) is 5.05. The first-order valence-electron chi connectivity index (χ1n) is 7.81. The highest BCUT2D eigenvalue weighted by Crippen LogP contribution is 2.34. The number of benzene rings is 1. The van der Waals surface area contributed by atoms with Crippen molar-refractivity contribution in [1.29, 1.82) is 0 Å². The van der Waals surface area contributed by atoms with Gasteiger partial charge in [-0.15, -0.1) is 11.3 Å². The number of nitrogens with zero attached hydrogens (tertiary/aromatic N) is 2. The molecular weight excluding hydrogens is 328 g/mol. The van der Waals surface area contributed by atoms with Crippen LogP contribution in [0.1, 0.15) is 28.5 Å². The summed E-state index contributed by atoms with van der Waals surface area (Å²) in [7, 11) is 3.90. The topological polar surface area (TPSA) is 23.6 Å². The summed E-state index contributed by atoms with van der Waals surface area (Å²) in [6, 6.07) is 12.8. The van der Waals surface area contributed by atoms with E-state index in [0.717, 1.165) is 22.1 Å². The van der Waals surface area contributed by atoms with Gasteiger partial charge in [0.05, 0.1) is 17.4 Å². The maximum Gasteiger partial charge on any atom is 0.236 e. The first kappa shape index (κ1) is 16.5. The molecule has 0 fully saturated rings. The lowest BCUT2D eigenvalue weighted by molar-refractivity contribution is -0.131. The molecule has 0 saturated carbocycles. The molecule has 2 aromatic rings. The minimum atomic E-state index is 0.140. The van der Waals surface area contributed by atoms with Crippen LogP contribution in [0.3, 0.4) is 0 Å². The molecule has 1 amide bonds. The van der Waals surface area contributed by atoms with Crippen molar-refractivity contribution in [2.45, 2.75) is 25.4 Å². The highest BCUT2D eigenvalue weighted by atomic mass is 35.5. The van der Waals surface area contributed by atoms with Crippen LogP contribution in [-0.4, -0.2) is 36.3 Å². The molecule has 1 atom stereocenters. The standard InChI is InChI=1S/C18H21ClN2OS/c1-20(16-9-7-13-5-3-4-6-15(13)16)12-18(22)21(2)11-14-8-10-17(19)23-14/h3-6,8,10,16H,7,9,11-12H2,1-2H3/t16-/m1/s1. The van der Waals surface area contributed by atoms with Crippen molar-refractivity contribution < 1.29 is 4.79 Å². The molecule has 1 aliphatic rings. The lowest BCUT2D eigenvalue weighted by atomic mass is 10.1. The number of fused-ring (bicyclic) bond motifs is 1. The molecule has 1 heterocycles. The van der Waals surface area contributed by atoms with Crippen molar-refractivity contribution in [2.24, 2.45) is 0 Å². The van der Waals surface area contributed by atoms with E-state index in [1.54, 1.807) is 4.90 Å². The SMILES string of the molecule is CN(Cc1ccc(Cl)s1)C(=O)CN(C)[C@@H]1CCc2ccccc21. The average molecular weight is 349 g/mol. The Morgan fingerprint density at radius 3 is 2.78 bits per heavy atom. The molecule has 5 heteroatoms. The third-order valence-corrected chi connectivity index (χ3v) is 5.68. The Labute approximate surface area is 146 Å². The van der Waals surface area contributed by atoms with E-state index in [1.807, 2.05) is 26.2 Å². The van der Waals surface area contributed by atoms with Gasteiger partial charge in [0.1, 0.15) is 0 Å². The highest BCUT2D eigenvalue weighted by Gasteiger charge is 2.27. The van der Waals surface area contributed by atoms with Crippen LogP contribution in [0.5, 0.6) is 0 Å². The monoisotopic (exact) mass is 348 g/mol. The van der Waals surface area contributed by atoms with Gasteiger partial charge in [0.2, 0.25) is 5.91 Å². The Morgan fingerprint density at radius 2 is 2.04 bits per heavy atom. The molecule has 0 spiro atoms. The summed E-state index contributed by atoms with van der Waals surface area (Å²) in [5, 5.41) is 0. The smallest absolute Gasteiger partial charge is 0.236 e. The van der Waals surface area contributed by atoms with Gasteiger partial charge in [-0.25, -0.2) is 0 Å². The van der Waals surface area contributed by atoms with Gasteiger partial charge in [0.25, 0.3) is 0 Å². The van der Waals surface area contributed by atoms with Gasteiger partial charge in [-0.3, -0.25) is 9.69 Å². The molecule has 0 bridgehead atoms. The maximum atomic E-state index is 12.5. The fourth-order valence-corrected chi connectivity index (χ4v) is 4.34. The van der Waals surface area contributed by atoms with Crippen LogP contribution in [0.2, 0.25) is 4.34 Å². The van der Waals surface area contributed by atoms with Crippen LogP contribution in [0.15, 0.2) is 36.4 Å². The van der Waals surface area contributed by atoms with Crippen LogP contribution in [0.25, 0.3) is 0 Å². The summed E-state index contributed by atoms with van der Waals surface area (Å²) in [6.45, 7) is 1.06. The number of halogens is 1. The summed E-state index contributed by atoms with van der Waals surface area (Å²) in [5.41, 5.74) is 2.79. The zero-order valence-corrected chi connectivity index (χ0v) is 15.0. The van der Waals surface area contributed by atoms with Gasteiger partial charge in [0, 0.05) is 18.0 Å². The van der Waals surface area contributed by atoms with Gasteiger partial charge in [-0.1, -0.05) is 35.9 Å². The van der Waals surface area contributed by atoms with Gasteiger partial charge >= 0.3 is 0 Å². The number of thiophene rings is 1. The minimum absolute atomic E-state index is 0.140. The number of amides is 1. The Balaban J connectivity index is 1.59. The van der Waals surface area contributed by atoms with E-state index in [0.29, 0.717) is 19.1 Å². The van der Waals surface area contributed by atoms with E-state index in [-0.39, 0.29) is 5.91 Å². The number of carbonyl (C=O) groups is 1. The zero-order valence-electron chi connectivity index (χ0n) is 13.5. The molecule has 0 aliphatic heterocycles. The molecule has 1 aliphatic carbocycles. The number of hydrogen-bond acceptors (Lipinski definition) is 3. The van der Waals surface area contributed by atoms with Crippen molar-refractivity contribution in [3.8, 4) is 0 Å². The van der Waals surface area contributed by atoms with Crippen molar-refractivity contribution in [1.82, 2.24) is 9.80 Å². The maximum absolute atomic E-state index is 12.5. The van der Waals surface area contributed by atoms with Crippen molar-refractivity contribution in [2.75, 3.05) is 20.6 Å². The summed E-state index contributed by atoms with van der Waals surface area (Å²) in [4.78, 5) is 17.6. The molecule has 3 nitrogen and oxygen atoms in total. The predicted octanol–water partition coefficient (Wildman–Crippen LogP) is 3.98. The molecule has 1 aromatic carbocycles. The number of likely N-dealkylation sites (N-methyl/N-ethyl adjacent to an activating group) is 2. The van der Waals surface area contributed by atoms with Crippen LogP contribution < -0.4 is 0 Å². The fraction of sp³-hybridized carbons (Fsp3) is 0.389. The van der Waals surface area contributed by atoms with Crippen LogP contribution in [0, 0.1) is 0 Å². The lowest BCUT2D eigenvalue weighted by Gasteiger charge is -2.27. The van der Waals surface area contributed by atoms with E-state index in [4.69, 9.17) is 11.6 Å². The van der Waals surface area contributed by atoms with Crippen molar-refractivity contribution >= 4 is 28.8 Å². The van der Waals surface area contributed by atoms with E-state index < -0.39 is 0 Å². The molecule has 0 saturated heterocycles. The normalized spacial score (nSPS) is 16.6. The number of hydrogen-bond donors (Lipinski definition) is 0. The Hall–Kier alpha value is -1.36. The Bertz CT molecular complexity index is 700. The quantitative estimate of drug-likeness (QED) is 0.816. The fourth-order valence-electron chi connectivity index (χ4n) is 3.20. The minimum Gasteiger partial charge on any atom is -0.340 e. The van der Waals surface area contributed by atoms with Gasteiger partial charge in [-0.2, -0.15) is 0 Å². The number of carbonyl (C=O) groups excluding carboxylic acids is 1. The van der Waals surface area contributed by atoms with Gasteiger partial charge in [-0.05, 0) is 43.1 Å².